The maximum Gasteiger partial charge on any atom is 0.223 e. The van der Waals surface area contributed by atoms with E-state index in [9.17, 15) is 4.79 Å². The van der Waals surface area contributed by atoms with Gasteiger partial charge >= 0.3 is 0 Å². The molecule has 0 spiro atoms. The smallest absolute Gasteiger partial charge is 0.223 e. The molecule has 5 heteroatoms. The molecular formula is C16H27ClN2O2. The van der Waals surface area contributed by atoms with Crippen LogP contribution in [0, 0.1) is 20.8 Å². The SMILES string of the molecule is Cc1cc(C)c(C)c(OCCC(=O)NCCC(C)N)c1.Cl. The average molecular weight is 315 g/mol. The Labute approximate surface area is 133 Å². The molecule has 3 N–H and O–H groups in total. The van der Waals surface area contributed by atoms with Gasteiger partial charge in [0.1, 0.15) is 5.75 Å². The molecule has 0 heterocycles. The third-order valence-electron chi connectivity index (χ3n) is 3.27. The number of nitrogens with one attached hydrogen (secondary N) is 1. The van der Waals surface area contributed by atoms with Gasteiger partial charge in [0.05, 0.1) is 13.0 Å². The zero-order valence-corrected chi connectivity index (χ0v) is 14.2. The number of rotatable bonds is 7. The third-order valence-corrected chi connectivity index (χ3v) is 3.27. The van der Waals surface area contributed by atoms with E-state index in [1.165, 1.54) is 11.1 Å². The molecule has 120 valence electrons. The molecule has 0 radical (unpaired) electrons. The quantitative estimate of drug-likeness (QED) is 0.813. The third kappa shape index (κ3) is 7.34. The van der Waals surface area contributed by atoms with E-state index < -0.39 is 0 Å². The molecule has 1 amide bonds. The van der Waals surface area contributed by atoms with Crippen LogP contribution in [0.3, 0.4) is 0 Å². The van der Waals surface area contributed by atoms with E-state index in [-0.39, 0.29) is 24.4 Å². The van der Waals surface area contributed by atoms with Crippen molar-refractivity contribution in [3.8, 4) is 5.75 Å². The van der Waals surface area contributed by atoms with Gasteiger partial charge < -0.3 is 15.8 Å². The molecule has 0 aromatic heterocycles. The van der Waals surface area contributed by atoms with Crippen LogP contribution in [0.15, 0.2) is 12.1 Å². The molecule has 1 rings (SSSR count). The van der Waals surface area contributed by atoms with Crippen LogP contribution in [-0.4, -0.2) is 25.1 Å². The minimum atomic E-state index is 0. The fourth-order valence-corrected chi connectivity index (χ4v) is 1.93. The molecule has 0 fully saturated rings. The van der Waals surface area contributed by atoms with E-state index in [1.807, 2.05) is 26.8 Å². The highest BCUT2D eigenvalue weighted by Crippen LogP contribution is 2.23. The van der Waals surface area contributed by atoms with Gasteiger partial charge in [-0.1, -0.05) is 6.07 Å². The number of carbonyl (C=O) groups excluding carboxylic acids is 1. The van der Waals surface area contributed by atoms with Gasteiger partial charge in [-0.2, -0.15) is 0 Å². The average Bonchev–Trinajstić information content (AvgIpc) is 2.34. The van der Waals surface area contributed by atoms with E-state index in [0.29, 0.717) is 19.6 Å². The summed E-state index contributed by atoms with van der Waals surface area (Å²) < 4.78 is 5.71. The number of ether oxygens (including phenoxy) is 1. The summed E-state index contributed by atoms with van der Waals surface area (Å²) in [4.78, 5) is 11.6. The second kappa shape index (κ2) is 9.64. The van der Waals surface area contributed by atoms with Crippen molar-refractivity contribution in [1.29, 1.82) is 0 Å². The van der Waals surface area contributed by atoms with Crippen molar-refractivity contribution in [2.75, 3.05) is 13.2 Å². The van der Waals surface area contributed by atoms with Crippen molar-refractivity contribution in [2.45, 2.75) is 46.6 Å². The Hall–Kier alpha value is -1.26. The number of hydrogen-bond donors (Lipinski definition) is 2. The number of carbonyl (C=O) groups is 1. The lowest BCUT2D eigenvalue weighted by atomic mass is 10.1. The van der Waals surface area contributed by atoms with Crippen LogP contribution in [0.5, 0.6) is 5.75 Å². The van der Waals surface area contributed by atoms with Crippen molar-refractivity contribution < 1.29 is 9.53 Å². The fraction of sp³-hybridized carbons (Fsp3) is 0.562. The molecule has 0 saturated carbocycles. The number of hydrogen-bond acceptors (Lipinski definition) is 3. The zero-order valence-electron chi connectivity index (χ0n) is 13.4. The molecule has 0 saturated heterocycles. The summed E-state index contributed by atoms with van der Waals surface area (Å²) in [5.74, 6) is 0.874. The second-order valence-corrected chi connectivity index (χ2v) is 5.42. The minimum Gasteiger partial charge on any atom is -0.493 e. The molecule has 0 aliphatic carbocycles. The largest absolute Gasteiger partial charge is 0.493 e. The first-order chi connectivity index (χ1) is 9.40. The fourth-order valence-electron chi connectivity index (χ4n) is 1.93. The highest BCUT2D eigenvalue weighted by molar-refractivity contribution is 5.85. The molecule has 1 atom stereocenters. The second-order valence-electron chi connectivity index (χ2n) is 5.42. The molecule has 4 nitrogen and oxygen atoms in total. The topological polar surface area (TPSA) is 64.3 Å². The standard InChI is InChI=1S/C16H26N2O2.ClH/c1-11-9-12(2)14(4)15(10-11)20-8-6-16(19)18-7-5-13(3)17;/h9-10,13H,5-8,17H2,1-4H3,(H,18,19);1H. The predicted molar refractivity (Wildman–Crippen MR) is 89.3 cm³/mol. The Bertz CT molecular complexity index is 462. The Balaban J connectivity index is 0.00000400. The van der Waals surface area contributed by atoms with Crippen LogP contribution in [0.1, 0.15) is 36.5 Å². The molecule has 0 aliphatic rings. The molecule has 1 aromatic rings. The summed E-state index contributed by atoms with van der Waals surface area (Å²) in [6, 6.07) is 4.25. The molecule has 21 heavy (non-hydrogen) atoms. The normalized spacial score (nSPS) is 11.5. The zero-order chi connectivity index (χ0) is 15.1. The van der Waals surface area contributed by atoms with Crippen molar-refractivity contribution >= 4 is 18.3 Å². The van der Waals surface area contributed by atoms with Gasteiger partial charge in [-0.15, -0.1) is 12.4 Å². The summed E-state index contributed by atoms with van der Waals surface area (Å²) in [5.41, 5.74) is 9.14. The summed E-state index contributed by atoms with van der Waals surface area (Å²) in [7, 11) is 0. The maximum absolute atomic E-state index is 11.6. The van der Waals surface area contributed by atoms with E-state index >= 15 is 0 Å². The van der Waals surface area contributed by atoms with E-state index in [1.54, 1.807) is 0 Å². The Kier molecular flexibility index (Phi) is 9.06. The minimum absolute atomic E-state index is 0. The number of halogens is 1. The first kappa shape index (κ1) is 19.7. The lowest BCUT2D eigenvalue weighted by Gasteiger charge is -2.12. The van der Waals surface area contributed by atoms with Crippen molar-refractivity contribution in [3.63, 3.8) is 0 Å². The molecule has 1 unspecified atom stereocenters. The summed E-state index contributed by atoms with van der Waals surface area (Å²) in [6.45, 7) is 9.09. The van der Waals surface area contributed by atoms with Crippen molar-refractivity contribution in [3.05, 3.63) is 28.8 Å². The number of amides is 1. The van der Waals surface area contributed by atoms with Gasteiger partial charge in [0.2, 0.25) is 5.91 Å². The molecule has 0 bridgehead atoms. The van der Waals surface area contributed by atoms with Crippen LogP contribution < -0.4 is 15.8 Å². The van der Waals surface area contributed by atoms with Crippen LogP contribution in [-0.2, 0) is 4.79 Å². The van der Waals surface area contributed by atoms with Gasteiger partial charge in [0.25, 0.3) is 0 Å². The number of benzene rings is 1. The van der Waals surface area contributed by atoms with Gasteiger partial charge in [0.15, 0.2) is 0 Å². The monoisotopic (exact) mass is 314 g/mol. The lowest BCUT2D eigenvalue weighted by Crippen LogP contribution is -2.29. The molecule has 1 aromatic carbocycles. The van der Waals surface area contributed by atoms with Crippen LogP contribution in [0.2, 0.25) is 0 Å². The van der Waals surface area contributed by atoms with E-state index in [2.05, 4.69) is 18.3 Å². The number of nitrogens with two attached hydrogens (primary N) is 1. The summed E-state index contributed by atoms with van der Waals surface area (Å²) in [6.07, 6.45) is 1.16. The van der Waals surface area contributed by atoms with Crippen molar-refractivity contribution in [1.82, 2.24) is 5.32 Å². The van der Waals surface area contributed by atoms with Gasteiger partial charge in [0, 0.05) is 12.6 Å². The Morgan fingerprint density at radius 3 is 2.62 bits per heavy atom. The van der Waals surface area contributed by atoms with Gasteiger partial charge in [-0.05, 0) is 56.9 Å². The highest BCUT2D eigenvalue weighted by atomic mass is 35.5. The molecular weight excluding hydrogens is 288 g/mol. The maximum atomic E-state index is 11.6. The summed E-state index contributed by atoms with van der Waals surface area (Å²) in [5, 5.41) is 2.84. The van der Waals surface area contributed by atoms with Crippen LogP contribution >= 0.6 is 12.4 Å². The van der Waals surface area contributed by atoms with E-state index in [0.717, 1.165) is 17.7 Å². The van der Waals surface area contributed by atoms with E-state index in [4.69, 9.17) is 10.5 Å². The lowest BCUT2D eigenvalue weighted by molar-refractivity contribution is -0.121. The first-order valence-corrected chi connectivity index (χ1v) is 7.13. The highest BCUT2D eigenvalue weighted by Gasteiger charge is 2.06. The first-order valence-electron chi connectivity index (χ1n) is 7.13. The van der Waals surface area contributed by atoms with Crippen LogP contribution in [0.25, 0.3) is 0 Å². The van der Waals surface area contributed by atoms with Gasteiger partial charge in [-0.3, -0.25) is 4.79 Å². The van der Waals surface area contributed by atoms with Crippen molar-refractivity contribution in [2.24, 2.45) is 5.73 Å². The predicted octanol–water partition coefficient (Wildman–Crippen LogP) is 2.66. The Morgan fingerprint density at radius 1 is 1.33 bits per heavy atom. The summed E-state index contributed by atoms with van der Waals surface area (Å²) >= 11 is 0. The van der Waals surface area contributed by atoms with Gasteiger partial charge in [-0.25, -0.2) is 0 Å². The van der Waals surface area contributed by atoms with Crippen LogP contribution in [0.4, 0.5) is 0 Å². The Morgan fingerprint density at radius 2 is 2.00 bits per heavy atom. The number of aryl methyl sites for hydroxylation is 2. The molecule has 0 aliphatic heterocycles.